The first-order valence-electron chi connectivity index (χ1n) is 8.05. The number of nitrogens with one attached hydrogen (secondary N) is 1. The van der Waals surface area contributed by atoms with E-state index in [1.807, 2.05) is 4.90 Å². The van der Waals surface area contributed by atoms with Crippen LogP contribution in [0.3, 0.4) is 0 Å². The van der Waals surface area contributed by atoms with E-state index in [0.717, 1.165) is 51.9 Å². The quantitative estimate of drug-likeness (QED) is 0.874. The van der Waals surface area contributed by atoms with Gasteiger partial charge in [0, 0.05) is 31.7 Å². The molecule has 1 aliphatic heterocycles. The van der Waals surface area contributed by atoms with Gasteiger partial charge in [0.25, 0.3) is 0 Å². The molecule has 0 spiro atoms. The van der Waals surface area contributed by atoms with Crippen molar-refractivity contribution in [3.63, 3.8) is 0 Å². The fourth-order valence-electron chi connectivity index (χ4n) is 3.63. The van der Waals surface area contributed by atoms with Crippen molar-refractivity contribution in [1.29, 1.82) is 0 Å². The molecule has 2 aliphatic carbocycles. The number of hydrogen-bond donors (Lipinski definition) is 2. The molecule has 3 aliphatic rings. The third kappa shape index (κ3) is 2.09. The highest BCUT2D eigenvalue weighted by molar-refractivity contribution is 5.92. The van der Waals surface area contributed by atoms with E-state index in [1.54, 1.807) is 0 Å². The minimum atomic E-state index is -0.275. The van der Waals surface area contributed by atoms with Crippen LogP contribution in [0.15, 0.2) is 24.3 Å². The van der Waals surface area contributed by atoms with Crippen molar-refractivity contribution < 1.29 is 4.79 Å². The van der Waals surface area contributed by atoms with Crippen LogP contribution in [-0.2, 0) is 15.7 Å². The Bertz CT molecular complexity index is 569. The van der Waals surface area contributed by atoms with Gasteiger partial charge in [-0.3, -0.25) is 4.79 Å². The van der Waals surface area contributed by atoms with E-state index >= 15 is 0 Å². The van der Waals surface area contributed by atoms with Crippen molar-refractivity contribution in [2.24, 2.45) is 5.73 Å². The normalized spacial score (nSPS) is 25.5. The molecule has 2 saturated carbocycles. The first kappa shape index (κ1) is 13.3. The zero-order chi connectivity index (χ0) is 14.5. The maximum atomic E-state index is 13.0. The van der Waals surface area contributed by atoms with Gasteiger partial charge >= 0.3 is 0 Å². The number of carbonyl (C=O) groups excluding carboxylic acids is 1. The monoisotopic (exact) mass is 285 g/mol. The number of carbonyl (C=O) groups is 1. The molecule has 1 amide bonds. The number of nitrogens with two attached hydrogens (primary N) is 1. The average Bonchev–Trinajstić information content (AvgIpc) is 3.44. The Morgan fingerprint density at radius 3 is 2.24 bits per heavy atom. The molecule has 4 nitrogen and oxygen atoms in total. The Balaban J connectivity index is 1.68. The first-order valence-corrected chi connectivity index (χ1v) is 8.05. The van der Waals surface area contributed by atoms with E-state index in [9.17, 15) is 4.79 Å². The van der Waals surface area contributed by atoms with Crippen LogP contribution in [0.1, 0.15) is 36.8 Å². The van der Waals surface area contributed by atoms with E-state index in [-0.39, 0.29) is 11.0 Å². The van der Waals surface area contributed by atoms with Crippen LogP contribution in [0.2, 0.25) is 0 Å². The highest BCUT2D eigenvalue weighted by Crippen LogP contribution is 2.55. The van der Waals surface area contributed by atoms with Gasteiger partial charge in [-0.05, 0) is 36.8 Å². The molecule has 0 bridgehead atoms. The summed E-state index contributed by atoms with van der Waals surface area (Å²) >= 11 is 0. The summed E-state index contributed by atoms with van der Waals surface area (Å²) in [4.78, 5) is 15.1. The second-order valence-electron chi connectivity index (χ2n) is 6.83. The number of rotatable bonds is 3. The Labute approximate surface area is 125 Å². The molecule has 0 aromatic heterocycles. The largest absolute Gasteiger partial charge is 0.339 e. The molecular weight excluding hydrogens is 262 g/mol. The molecule has 4 rings (SSSR count). The molecule has 3 N–H and O–H groups in total. The lowest BCUT2D eigenvalue weighted by molar-refractivity contribution is -0.134. The van der Waals surface area contributed by atoms with E-state index < -0.39 is 0 Å². The summed E-state index contributed by atoms with van der Waals surface area (Å²) in [5.74, 6) is 0.320. The minimum absolute atomic E-state index is 0.171. The average molecular weight is 285 g/mol. The van der Waals surface area contributed by atoms with Gasteiger partial charge in [-0.15, -0.1) is 0 Å². The molecule has 0 radical (unpaired) electrons. The topological polar surface area (TPSA) is 58.4 Å². The van der Waals surface area contributed by atoms with Gasteiger partial charge in [-0.1, -0.05) is 24.3 Å². The molecule has 1 aromatic carbocycles. The van der Waals surface area contributed by atoms with E-state index in [0.29, 0.717) is 5.91 Å². The summed E-state index contributed by atoms with van der Waals surface area (Å²) in [7, 11) is 0. The van der Waals surface area contributed by atoms with Gasteiger partial charge in [0.2, 0.25) is 5.91 Å². The standard InChI is InChI=1S/C17H23N3O/c18-17(7-8-17)14-4-2-1-3-13(14)16(5-6-16)15(21)20-11-9-19-10-12-20/h1-4,19H,5-12,18H2. The zero-order valence-corrected chi connectivity index (χ0v) is 12.4. The van der Waals surface area contributed by atoms with Gasteiger partial charge in [-0.2, -0.15) is 0 Å². The predicted molar refractivity (Wildman–Crippen MR) is 81.9 cm³/mol. The van der Waals surface area contributed by atoms with Crippen LogP contribution < -0.4 is 11.1 Å². The number of amides is 1. The molecule has 0 unspecified atom stereocenters. The molecule has 3 fully saturated rings. The smallest absolute Gasteiger partial charge is 0.233 e. The third-order valence-corrected chi connectivity index (χ3v) is 5.33. The first-order chi connectivity index (χ1) is 10.2. The lowest BCUT2D eigenvalue weighted by Gasteiger charge is -2.32. The van der Waals surface area contributed by atoms with E-state index in [1.165, 1.54) is 11.1 Å². The summed E-state index contributed by atoms with van der Waals surface area (Å²) < 4.78 is 0. The van der Waals surface area contributed by atoms with E-state index in [2.05, 4.69) is 29.6 Å². The number of piperazine rings is 1. The van der Waals surface area contributed by atoms with Gasteiger partial charge in [0.1, 0.15) is 0 Å². The summed E-state index contributed by atoms with van der Waals surface area (Å²) in [6, 6.07) is 8.37. The van der Waals surface area contributed by atoms with Crippen molar-refractivity contribution in [2.45, 2.75) is 36.6 Å². The Kier molecular flexibility index (Phi) is 2.88. The lowest BCUT2D eigenvalue weighted by Crippen LogP contribution is -2.50. The van der Waals surface area contributed by atoms with Crippen molar-refractivity contribution >= 4 is 5.91 Å². The maximum absolute atomic E-state index is 13.0. The molecule has 0 atom stereocenters. The number of nitrogens with zero attached hydrogens (tertiary/aromatic N) is 1. The molecule has 1 saturated heterocycles. The van der Waals surface area contributed by atoms with E-state index in [4.69, 9.17) is 5.73 Å². The highest BCUT2D eigenvalue weighted by atomic mass is 16.2. The Hall–Kier alpha value is -1.39. The third-order valence-electron chi connectivity index (χ3n) is 5.33. The minimum Gasteiger partial charge on any atom is -0.339 e. The van der Waals surface area contributed by atoms with Crippen molar-refractivity contribution in [3.05, 3.63) is 35.4 Å². The Morgan fingerprint density at radius 1 is 1.05 bits per heavy atom. The van der Waals surface area contributed by atoms with Gasteiger partial charge in [0.05, 0.1) is 5.41 Å². The van der Waals surface area contributed by atoms with Crippen molar-refractivity contribution in [3.8, 4) is 0 Å². The van der Waals surface area contributed by atoms with Crippen LogP contribution in [0, 0.1) is 0 Å². The molecule has 21 heavy (non-hydrogen) atoms. The fourth-order valence-corrected chi connectivity index (χ4v) is 3.63. The van der Waals surface area contributed by atoms with Gasteiger partial charge < -0.3 is 16.0 Å². The van der Waals surface area contributed by atoms with Crippen LogP contribution in [0.25, 0.3) is 0 Å². The van der Waals surface area contributed by atoms with Crippen LogP contribution in [0.5, 0.6) is 0 Å². The van der Waals surface area contributed by atoms with Gasteiger partial charge in [-0.25, -0.2) is 0 Å². The molecule has 1 aromatic rings. The highest BCUT2D eigenvalue weighted by Gasteiger charge is 2.56. The predicted octanol–water partition coefficient (Wildman–Crippen LogP) is 1.10. The summed E-state index contributed by atoms with van der Waals surface area (Å²) in [5.41, 5.74) is 8.41. The number of hydrogen-bond acceptors (Lipinski definition) is 3. The number of benzene rings is 1. The second-order valence-corrected chi connectivity index (χ2v) is 6.83. The summed E-state index contributed by atoms with van der Waals surface area (Å²) in [6.07, 6.45) is 4.04. The molecule has 4 heteroatoms. The maximum Gasteiger partial charge on any atom is 0.233 e. The van der Waals surface area contributed by atoms with Crippen molar-refractivity contribution in [2.75, 3.05) is 26.2 Å². The van der Waals surface area contributed by atoms with Crippen LogP contribution >= 0.6 is 0 Å². The molecule has 112 valence electrons. The SMILES string of the molecule is NC1(c2ccccc2C2(C(=O)N3CCNCC3)CC2)CC1. The van der Waals surface area contributed by atoms with Crippen LogP contribution in [-0.4, -0.2) is 37.0 Å². The summed E-state index contributed by atoms with van der Waals surface area (Å²) in [6.45, 7) is 3.47. The Morgan fingerprint density at radius 2 is 1.67 bits per heavy atom. The second kappa shape index (κ2) is 4.55. The lowest BCUT2D eigenvalue weighted by atomic mass is 9.86. The zero-order valence-electron chi connectivity index (χ0n) is 12.4. The summed E-state index contributed by atoms with van der Waals surface area (Å²) in [5, 5.41) is 3.31. The molecule has 1 heterocycles. The van der Waals surface area contributed by atoms with Crippen LogP contribution in [0.4, 0.5) is 0 Å². The molecular formula is C17H23N3O. The van der Waals surface area contributed by atoms with Gasteiger partial charge in [0.15, 0.2) is 0 Å². The van der Waals surface area contributed by atoms with Crippen molar-refractivity contribution in [1.82, 2.24) is 10.2 Å². The fraction of sp³-hybridized carbons (Fsp3) is 0.588.